The van der Waals surface area contributed by atoms with E-state index in [0.29, 0.717) is 17.9 Å². The summed E-state index contributed by atoms with van der Waals surface area (Å²) in [6.07, 6.45) is 3.43. The zero-order valence-corrected chi connectivity index (χ0v) is 10.8. The molecule has 0 aliphatic carbocycles. The maximum atomic E-state index is 12.0. The van der Waals surface area contributed by atoms with Crippen LogP contribution in [0.3, 0.4) is 0 Å². The Morgan fingerprint density at radius 2 is 2.11 bits per heavy atom. The lowest BCUT2D eigenvalue weighted by atomic mass is 10.3. The molecule has 1 aromatic carbocycles. The van der Waals surface area contributed by atoms with E-state index in [9.17, 15) is 4.79 Å². The molecule has 1 heterocycles. The molecule has 5 heteroatoms. The van der Waals surface area contributed by atoms with E-state index in [4.69, 9.17) is 5.73 Å². The zero-order valence-electron chi connectivity index (χ0n) is 10.8. The number of benzene rings is 1. The molecule has 0 spiro atoms. The molecule has 98 valence electrons. The Hall–Kier alpha value is -2.56. The van der Waals surface area contributed by atoms with Crippen molar-refractivity contribution in [3.05, 3.63) is 54.9 Å². The Labute approximate surface area is 111 Å². The standard InChI is InChI=1S/C14H16N4O/c1-3-9-17(2)14(19)13-8-10-18(16-13)12-6-4-11(15)5-7-12/h3-8,10H,1,9,15H2,2H3. The van der Waals surface area contributed by atoms with Crippen LogP contribution in [0.1, 0.15) is 10.5 Å². The average Bonchev–Trinajstić information content (AvgIpc) is 2.88. The molecule has 0 unspecified atom stereocenters. The molecule has 1 aromatic heterocycles. The summed E-state index contributed by atoms with van der Waals surface area (Å²) in [5.41, 5.74) is 7.59. The summed E-state index contributed by atoms with van der Waals surface area (Å²) in [5, 5.41) is 4.26. The van der Waals surface area contributed by atoms with Crippen molar-refractivity contribution in [3.63, 3.8) is 0 Å². The first kappa shape index (κ1) is 12.9. The third-order valence-corrected chi connectivity index (χ3v) is 2.72. The molecule has 2 aromatic rings. The molecule has 1 amide bonds. The Morgan fingerprint density at radius 3 is 2.74 bits per heavy atom. The molecule has 0 saturated heterocycles. The van der Waals surface area contributed by atoms with Crippen molar-refractivity contribution in [2.45, 2.75) is 0 Å². The molecular weight excluding hydrogens is 240 g/mol. The summed E-state index contributed by atoms with van der Waals surface area (Å²) in [5.74, 6) is -0.130. The molecular formula is C14H16N4O. The third-order valence-electron chi connectivity index (χ3n) is 2.72. The number of rotatable bonds is 4. The normalized spacial score (nSPS) is 10.2. The van der Waals surface area contributed by atoms with Crippen LogP contribution in [0.25, 0.3) is 5.69 Å². The molecule has 0 atom stereocenters. The van der Waals surface area contributed by atoms with Crippen LogP contribution >= 0.6 is 0 Å². The minimum Gasteiger partial charge on any atom is -0.399 e. The third kappa shape index (κ3) is 2.82. The number of nitrogens with zero attached hydrogens (tertiary/aromatic N) is 3. The van der Waals surface area contributed by atoms with E-state index < -0.39 is 0 Å². The number of carbonyl (C=O) groups is 1. The number of nitrogen functional groups attached to an aromatic ring is 1. The lowest BCUT2D eigenvalue weighted by Crippen LogP contribution is -2.27. The van der Waals surface area contributed by atoms with Gasteiger partial charge in [0.05, 0.1) is 5.69 Å². The first-order chi connectivity index (χ1) is 9.11. The quantitative estimate of drug-likeness (QED) is 0.669. The van der Waals surface area contributed by atoms with Gasteiger partial charge >= 0.3 is 0 Å². The molecule has 2 N–H and O–H groups in total. The average molecular weight is 256 g/mol. The molecule has 0 fully saturated rings. The van der Waals surface area contributed by atoms with Gasteiger partial charge in [-0.2, -0.15) is 5.10 Å². The number of likely N-dealkylation sites (N-methyl/N-ethyl adjacent to an activating group) is 1. The number of aromatic nitrogens is 2. The number of amides is 1. The van der Waals surface area contributed by atoms with E-state index >= 15 is 0 Å². The predicted octanol–water partition coefficient (Wildman–Crippen LogP) is 1.71. The van der Waals surface area contributed by atoms with Crippen LogP contribution in [-0.2, 0) is 0 Å². The van der Waals surface area contributed by atoms with Crippen LogP contribution in [0.15, 0.2) is 49.2 Å². The summed E-state index contributed by atoms with van der Waals surface area (Å²) in [6.45, 7) is 4.10. The van der Waals surface area contributed by atoms with E-state index in [0.717, 1.165) is 5.69 Å². The topological polar surface area (TPSA) is 64.2 Å². The molecule has 2 rings (SSSR count). The minimum atomic E-state index is -0.130. The molecule has 0 saturated carbocycles. The summed E-state index contributed by atoms with van der Waals surface area (Å²) in [6, 6.07) is 8.98. The highest BCUT2D eigenvalue weighted by Gasteiger charge is 2.13. The smallest absolute Gasteiger partial charge is 0.274 e. The monoisotopic (exact) mass is 256 g/mol. The van der Waals surface area contributed by atoms with Crippen molar-refractivity contribution in [1.82, 2.24) is 14.7 Å². The first-order valence-corrected chi connectivity index (χ1v) is 5.90. The van der Waals surface area contributed by atoms with Gasteiger partial charge in [0.1, 0.15) is 0 Å². The first-order valence-electron chi connectivity index (χ1n) is 5.90. The summed E-state index contributed by atoms with van der Waals surface area (Å²) in [4.78, 5) is 13.6. The zero-order chi connectivity index (χ0) is 13.8. The highest BCUT2D eigenvalue weighted by atomic mass is 16.2. The van der Waals surface area contributed by atoms with E-state index in [2.05, 4.69) is 11.7 Å². The SMILES string of the molecule is C=CCN(C)C(=O)c1ccn(-c2ccc(N)cc2)n1. The second-order valence-corrected chi connectivity index (χ2v) is 4.21. The Morgan fingerprint density at radius 1 is 1.42 bits per heavy atom. The highest BCUT2D eigenvalue weighted by Crippen LogP contribution is 2.11. The van der Waals surface area contributed by atoms with Gasteiger partial charge in [0.2, 0.25) is 0 Å². The van der Waals surface area contributed by atoms with Gasteiger partial charge in [-0.15, -0.1) is 6.58 Å². The molecule has 0 bridgehead atoms. The van der Waals surface area contributed by atoms with Crippen molar-refractivity contribution in [3.8, 4) is 5.69 Å². The fraction of sp³-hybridized carbons (Fsp3) is 0.143. The van der Waals surface area contributed by atoms with Crippen molar-refractivity contribution in [1.29, 1.82) is 0 Å². The van der Waals surface area contributed by atoms with E-state index in [1.807, 2.05) is 12.1 Å². The van der Waals surface area contributed by atoms with Crippen LogP contribution in [0.2, 0.25) is 0 Å². The number of nitrogens with two attached hydrogens (primary N) is 1. The Balaban J connectivity index is 2.21. The van der Waals surface area contributed by atoms with Gasteiger partial charge in [-0.3, -0.25) is 4.79 Å². The van der Waals surface area contributed by atoms with Crippen molar-refractivity contribution in [2.24, 2.45) is 0 Å². The summed E-state index contributed by atoms with van der Waals surface area (Å²) in [7, 11) is 1.71. The second kappa shape index (κ2) is 5.39. The number of anilines is 1. The van der Waals surface area contributed by atoms with Crippen LogP contribution in [0, 0.1) is 0 Å². The van der Waals surface area contributed by atoms with Gasteiger partial charge < -0.3 is 10.6 Å². The maximum Gasteiger partial charge on any atom is 0.274 e. The summed E-state index contributed by atoms with van der Waals surface area (Å²) >= 11 is 0. The van der Waals surface area contributed by atoms with Crippen LogP contribution in [0.4, 0.5) is 5.69 Å². The highest BCUT2D eigenvalue weighted by molar-refractivity contribution is 5.92. The van der Waals surface area contributed by atoms with Crippen LogP contribution in [0.5, 0.6) is 0 Å². The minimum absolute atomic E-state index is 0.130. The van der Waals surface area contributed by atoms with Gasteiger partial charge in [0.25, 0.3) is 5.91 Å². The van der Waals surface area contributed by atoms with Gasteiger partial charge in [0.15, 0.2) is 5.69 Å². The lowest BCUT2D eigenvalue weighted by Gasteiger charge is -2.12. The fourth-order valence-electron chi connectivity index (χ4n) is 1.68. The van der Waals surface area contributed by atoms with Gasteiger partial charge in [0, 0.05) is 25.5 Å². The van der Waals surface area contributed by atoms with E-state index in [-0.39, 0.29) is 5.91 Å². The fourth-order valence-corrected chi connectivity index (χ4v) is 1.68. The van der Waals surface area contributed by atoms with Gasteiger partial charge in [-0.25, -0.2) is 4.68 Å². The molecule has 0 aliphatic rings. The van der Waals surface area contributed by atoms with Crippen molar-refractivity contribution < 1.29 is 4.79 Å². The molecule has 0 aliphatic heterocycles. The molecule has 0 radical (unpaired) electrons. The number of hydrogen-bond acceptors (Lipinski definition) is 3. The maximum absolute atomic E-state index is 12.0. The lowest BCUT2D eigenvalue weighted by molar-refractivity contribution is 0.0804. The predicted molar refractivity (Wildman–Crippen MR) is 75.1 cm³/mol. The molecule has 5 nitrogen and oxygen atoms in total. The van der Waals surface area contributed by atoms with Gasteiger partial charge in [-0.05, 0) is 30.3 Å². The largest absolute Gasteiger partial charge is 0.399 e. The van der Waals surface area contributed by atoms with Gasteiger partial charge in [-0.1, -0.05) is 6.08 Å². The molecule has 19 heavy (non-hydrogen) atoms. The van der Waals surface area contributed by atoms with E-state index in [1.54, 1.807) is 47.1 Å². The Bertz CT molecular complexity index is 586. The van der Waals surface area contributed by atoms with Crippen molar-refractivity contribution >= 4 is 11.6 Å². The van der Waals surface area contributed by atoms with E-state index in [1.165, 1.54) is 0 Å². The summed E-state index contributed by atoms with van der Waals surface area (Å²) < 4.78 is 1.65. The Kier molecular flexibility index (Phi) is 3.66. The van der Waals surface area contributed by atoms with Crippen LogP contribution < -0.4 is 5.73 Å². The van der Waals surface area contributed by atoms with Crippen molar-refractivity contribution in [2.75, 3.05) is 19.3 Å². The van der Waals surface area contributed by atoms with Crippen LogP contribution in [-0.4, -0.2) is 34.2 Å². The number of hydrogen-bond donors (Lipinski definition) is 1. The number of carbonyl (C=O) groups excluding carboxylic acids is 1. The second-order valence-electron chi connectivity index (χ2n) is 4.21.